The molecule has 2 aromatic rings. The lowest BCUT2D eigenvalue weighted by Crippen LogP contribution is -2.40. The Morgan fingerprint density at radius 2 is 2.11 bits per heavy atom. The van der Waals surface area contributed by atoms with Crippen LogP contribution in [0.2, 0.25) is 0 Å². The molecule has 0 spiro atoms. The number of aromatic nitrogens is 2. The molecule has 2 aliphatic rings. The van der Waals surface area contributed by atoms with Crippen molar-refractivity contribution in [1.29, 1.82) is 0 Å². The zero-order valence-electron chi connectivity index (χ0n) is 15.8. The minimum atomic E-state index is -0.0670. The molecule has 1 fully saturated rings. The zero-order valence-corrected chi connectivity index (χ0v) is 16.6. The molecule has 2 aromatic heterocycles. The summed E-state index contributed by atoms with van der Waals surface area (Å²) in [5.41, 5.74) is 2.80. The zero-order chi connectivity index (χ0) is 19.0. The van der Waals surface area contributed by atoms with E-state index in [0.717, 1.165) is 59.8 Å². The molecule has 0 N–H and O–H groups in total. The summed E-state index contributed by atoms with van der Waals surface area (Å²) >= 11 is 1.60. The number of amides is 2. The van der Waals surface area contributed by atoms with Crippen LogP contribution in [0.25, 0.3) is 0 Å². The third-order valence-electron chi connectivity index (χ3n) is 5.44. The van der Waals surface area contributed by atoms with Crippen LogP contribution in [0.15, 0.2) is 17.6 Å². The lowest BCUT2D eigenvalue weighted by atomic mass is 9.99. The monoisotopic (exact) mass is 384 g/mol. The molecule has 1 atom stereocenters. The van der Waals surface area contributed by atoms with Crippen molar-refractivity contribution in [1.82, 2.24) is 19.8 Å². The first-order valence-electron chi connectivity index (χ1n) is 9.49. The smallest absolute Gasteiger partial charge is 0.255 e. The third kappa shape index (κ3) is 3.60. The van der Waals surface area contributed by atoms with E-state index in [2.05, 4.69) is 4.98 Å². The van der Waals surface area contributed by atoms with Gasteiger partial charge in [-0.3, -0.25) is 9.59 Å². The average Bonchev–Trinajstić information content (AvgIpc) is 3.13. The Morgan fingerprint density at radius 3 is 2.85 bits per heavy atom. The lowest BCUT2D eigenvalue weighted by Gasteiger charge is -2.35. The number of nitrogens with zero attached hydrogens (tertiary/aromatic N) is 4. The average molecular weight is 385 g/mol. The van der Waals surface area contributed by atoms with Gasteiger partial charge in [-0.05, 0) is 32.3 Å². The van der Waals surface area contributed by atoms with Gasteiger partial charge in [0.1, 0.15) is 0 Å². The molecule has 0 aromatic carbocycles. The molecule has 1 saturated heterocycles. The molecule has 4 rings (SSSR count). The van der Waals surface area contributed by atoms with E-state index in [0.29, 0.717) is 13.1 Å². The van der Waals surface area contributed by atoms with Gasteiger partial charge in [-0.25, -0.2) is 9.97 Å². The highest BCUT2D eigenvalue weighted by atomic mass is 32.1. The summed E-state index contributed by atoms with van der Waals surface area (Å²) in [7, 11) is 0. The molecule has 27 heavy (non-hydrogen) atoms. The van der Waals surface area contributed by atoms with Crippen molar-refractivity contribution < 1.29 is 9.59 Å². The van der Waals surface area contributed by atoms with E-state index in [9.17, 15) is 9.59 Å². The Bertz CT molecular complexity index is 879. The minimum absolute atomic E-state index is 0.0670. The fourth-order valence-electron chi connectivity index (χ4n) is 3.93. The number of piperidine rings is 1. The summed E-state index contributed by atoms with van der Waals surface area (Å²) in [6, 6.07) is 1.89. The fourth-order valence-corrected chi connectivity index (χ4v) is 4.60. The highest BCUT2D eigenvalue weighted by molar-refractivity contribution is 7.10. The van der Waals surface area contributed by atoms with Gasteiger partial charge in [-0.15, -0.1) is 11.3 Å². The number of carbonyl (C=O) groups excluding carboxylic acids is 2. The number of fused-ring (bicyclic) bond motifs is 1. The highest BCUT2D eigenvalue weighted by Crippen LogP contribution is 2.32. The van der Waals surface area contributed by atoms with Crippen LogP contribution in [0.1, 0.15) is 64.5 Å². The number of thiophene rings is 1. The molecule has 7 heteroatoms. The number of rotatable bonds is 2. The Kier molecular flexibility index (Phi) is 4.95. The second-order valence-electron chi connectivity index (χ2n) is 7.35. The van der Waals surface area contributed by atoms with Crippen LogP contribution < -0.4 is 0 Å². The summed E-state index contributed by atoms with van der Waals surface area (Å²) in [5, 5.41) is 1.94. The second-order valence-corrected chi connectivity index (χ2v) is 8.46. The topological polar surface area (TPSA) is 66.4 Å². The van der Waals surface area contributed by atoms with Gasteiger partial charge in [0.15, 0.2) is 5.82 Å². The van der Waals surface area contributed by atoms with Crippen LogP contribution in [0.5, 0.6) is 0 Å². The van der Waals surface area contributed by atoms with Gasteiger partial charge in [-0.2, -0.15) is 0 Å². The maximum Gasteiger partial charge on any atom is 0.255 e. The molecule has 2 amide bonds. The molecule has 0 bridgehead atoms. The van der Waals surface area contributed by atoms with Crippen LogP contribution in [0.4, 0.5) is 0 Å². The summed E-state index contributed by atoms with van der Waals surface area (Å²) < 4.78 is 0. The first kappa shape index (κ1) is 18.1. The second kappa shape index (κ2) is 7.38. The van der Waals surface area contributed by atoms with E-state index < -0.39 is 0 Å². The SMILES string of the molecule is CC(=O)N1CCc2nc(C3CCCCN3C(=O)c3csc(C)c3)ncc2C1. The van der Waals surface area contributed by atoms with Gasteiger partial charge in [0, 0.05) is 55.0 Å². The molecule has 0 aliphatic carbocycles. The number of hydrogen-bond acceptors (Lipinski definition) is 5. The number of aryl methyl sites for hydroxylation is 1. The molecule has 6 nitrogen and oxygen atoms in total. The normalized spacial score (nSPS) is 19.7. The lowest BCUT2D eigenvalue weighted by molar-refractivity contribution is -0.129. The van der Waals surface area contributed by atoms with E-state index in [1.807, 2.05) is 34.4 Å². The molecule has 142 valence electrons. The quantitative estimate of drug-likeness (QED) is 0.798. The standard InChI is InChI=1S/C20H24N4O2S/c1-13-9-15(12-27-13)20(26)24-7-4-3-5-18(24)19-21-10-16-11-23(14(2)25)8-6-17(16)22-19/h9-10,12,18H,3-8,11H2,1-2H3. The van der Waals surface area contributed by atoms with E-state index in [1.54, 1.807) is 18.3 Å². The maximum absolute atomic E-state index is 13.0. The van der Waals surface area contributed by atoms with Crippen molar-refractivity contribution in [2.45, 2.75) is 52.1 Å². The van der Waals surface area contributed by atoms with Crippen LogP contribution in [0, 0.1) is 6.92 Å². The number of likely N-dealkylation sites (tertiary alicyclic amines) is 1. The van der Waals surface area contributed by atoms with Crippen LogP contribution in [-0.2, 0) is 17.8 Å². The summed E-state index contributed by atoms with van der Waals surface area (Å²) in [6.45, 7) is 5.63. The van der Waals surface area contributed by atoms with Crippen molar-refractivity contribution >= 4 is 23.2 Å². The van der Waals surface area contributed by atoms with Crippen molar-refractivity contribution in [2.75, 3.05) is 13.1 Å². The van der Waals surface area contributed by atoms with Gasteiger partial charge in [0.05, 0.1) is 17.3 Å². The summed E-state index contributed by atoms with van der Waals surface area (Å²) in [4.78, 5) is 39.0. The van der Waals surface area contributed by atoms with Crippen molar-refractivity contribution in [3.8, 4) is 0 Å². The predicted molar refractivity (Wildman–Crippen MR) is 104 cm³/mol. The Balaban J connectivity index is 1.59. The van der Waals surface area contributed by atoms with Crippen molar-refractivity contribution in [3.63, 3.8) is 0 Å². The number of carbonyl (C=O) groups is 2. The predicted octanol–water partition coefficient (Wildman–Crippen LogP) is 3.12. The third-order valence-corrected chi connectivity index (χ3v) is 6.30. The van der Waals surface area contributed by atoms with E-state index in [1.165, 1.54) is 0 Å². The minimum Gasteiger partial charge on any atom is -0.338 e. The van der Waals surface area contributed by atoms with Gasteiger partial charge in [0.2, 0.25) is 5.91 Å². The Morgan fingerprint density at radius 1 is 1.26 bits per heavy atom. The largest absolute Gasteiger partial charge is 0.338 e. The van der Waals surface area contributed by atoms with Crippen molar-refractivity contribution in [3.05, 3.63) is 45.2 Å². The highest BCUT2D eigenvalue weighted by Gasteiger charge is 2.32. The number of hydrogen-bond donors (Lipinski definition) is 0. The van der Waals surface area contributed by atoms with Crippen molar-refractivity contribution in [2.24, 2.45) is 0 Å². The molecule has 0 radical (unpaired) electrons. The van der Waals surface area contributed by atoms with Crippen LogP contribution >= 0.6 is 11.3 Å². The Labute approximate surface area is 163 Å². The molecule has 1 unspecified atom stereocenters. The van der Waals surface area contributed by atoms with E-state index in [4.69, 9.17) is 4.98 Å². The van der Waals surface area contributed by atoms with Crippen LogP contribution in [0.3, 0.4) is 0 Å². The summed E-state index contributed by atoms with van der Waals surface area (Å²) in [6.07, 6.45) is 5.58. The van der Waals surface area contributed by atoms with E-state index in [-0.39, 0.29) is 17.9 Å². The fraction of sp³-hybridized carbons (Fsp3) is 0.500. The first-order chi connectivity index (χ1) is 13.0. The van der Waals surface area contributed by atoms with Crippen LogP contribution in [-0.4, -0.2) is 44.7 Å². The van der Waals surface area contributed by atoms with E-state index >= 15 is 0 Å². The molecule has 0 saturated carbocycles. The Hall–Kier alpha value is -2.28. The van der Waals surface area contributed by atoms with Gasteiger partial charge >= 0.3 is 0 Å². The molecule has 4 heterocycles. The first-order valence-corrected chi connectivity index (χ1v) is 10.4. The van der Waals surface area contributed by atoms with Gasteiger partial charge in [0.25, 0.3) is 5.91 Å². The maximum atomic E-state index is 13.0. The van der Waals surface area contributed by atoms with Gasteiger partial charge < -0.3 is 9.80 Å². The van der Waals surface area contributed by atoms with Gasteiger partial charge in [-0.1, -0.05) is 0 Å². The summed E-state index contributed by atoms with van der Waals surface area (Å²) in [5.74, 6) is 0.901. The molecular weight excluding hydrogens is 360 g/mol. The molecule has 2 aliphatic heterocycles. The molecular formula is C20H24N4O2S.